The average molecular weight is 342 g/mol. The van der Waals surface area contributed by atoms with Crippen molar-refractivity contribution in [2.45, 2.75) is 6.54 Å². The van der Waals surface area contributed by atoms with Gasteiger partial charge in [0.1, 0.15) is 11.3 Å². The molecule has 128 valence electrons. The van der Waals surface area contributed by atoms with E-state index in [0.717, 1.165) is 4.90 Å². The zero-order valence-corrected chi connectivity index (χ0v) is 13.2. The molecule has 0 atom stereocenters. The molecule has 0 bridgehead atoms. The molecule has 1 aliphatic heterocycles. The standard InChI is InChI=1S/C17H14N2O6/c1-24-14-5-4-10(8-13(14)20)7-12-15(21)18-17(23)19(16(12)22)9-11-3-2-6-25-11/h2-8,20H,9H2,1H3,(H,18,21,23). The van der Waals surface area contributed by atoms with Gasteiger partial charge in [-0.1, -0.05) is 6.07 Å². The fraction of sp³-hybridized carbons (Fsp3) is 0.118. The highest BCUT2D eigenvalue weighted by atomic mass is 16.5. The van der Waals surface area contributed by atoms with Crippen molar-refractivity contribution < 1.29 is 28.6 Å². The van der Waals surface area contributed by atoms with Gasteiger partial charge in [-0.15, -0.1) is 0 Å². The number of carbonyl (C=O) groups excluding carboxylic acids is 3. The highest BCUT2D eigenvalue weighted by molar-refractivity contribution is 6.30. The van der Waals surface area contributed by atoms with Gasteiger partial charge in [0, 0.05) is 0 Å². The zero-order chi connectivity index (χ0) is 18.0. The summed E-state index contributed by atoms with van der Waals surface area (Å²) >= 11 is 0. The number of carbonyl (C=O) groups is 3. The van der Waals surface area contributed by atoms with Crippen LogP contribution in [-0.2, 0) is 16.1 Å². The molecule has 2 N–H and O–H groups in total. The van der Waals surface area contributed by atoms with E-state index in [1.165, 1.54) is 31.6 Å². The molecule has 1 saturated heterocycles. The number of barbiturate groups is 1. The molecule has 1 aromatic heterocycles. The van der Waals surface area contributed by atoms with Crippen LogP contribution in [0.25, 0.3) is 6.08 Å². The van der Waals surface area contributed by atoms with Gasteiger partial charge >= 0.3 is 6.03 Å². The lowest BCUT2D eigenvalue weighted by atomic mass is 10.1. The van der Waals surface area contributed by atoms with Crippen LogP contribution in [0.1, 0.15) is 11.3 Å². The largest absolute Gasteiger partial charge is 0.504 e. The quantitative estimate of drug-likeness (QED) is 0.646. The lowest BCUT2D eigenvalue weighted by molar-refractivity contribution is -0.130. The summed E-state index contributed by atoms with van der Waals surface area (Å²) in [5, 5.41) is 11.9. The number of hydrogen-bond acceptors (Lipinski definition) is 6. The summed E-state index contributed by atoms with van der Waals surface area (Å²) < 4.78 is 10.1. The van der Waals surface area contributed by atoms with E-state index in [1.807, 2.05) is 0 Å². The van der Waals surface area contributed by atoms with E-state index in [9.17, 15) is 19.5 Å². The summed E-state index contributed by atoms with van der Waals surface area (Å²) in [5.74, 6) is -1.03. The molecule has 8 heteroatoms. The maximum atomic E-state index is 12.5. The van der Waals surface area contributed by atoms with Crippen molar-refractivity contribution in [3.8, 4) is 11.5 Å². The third-order valence-electron chi connectivity index (χ3n) is 3.59. The van der Waals surface area contributed by atoms with Crippen LogP contribution < -0.4 is 10.1 Å². The van der Waals surface area contributed by atoms with Crippen molar-refractivity contribution in [3.05, 3.63) is 53.5 Å². The van der Waals surface area contributed by atoms with Gasteiger partial charge in [0.05, 0.1) is 19.9 Å². The number of phenolic OH excluding ortho intramolecular Hbond substituents is 1. The van der Waals surface area contributed by atoms with E-state index in [2.05, 4.69) is 5.32 Å². The monoisotopic (exact) mass is 342 g/mol. The second-order valence-electron chi connectivity index (χ2n) is 5.22. The molecule has 25 heavy (non-hydrogen) atoms. The molecule has 1 fully saturated rings. The van der Waals surface area contributed by atoms with Crippen molar-refractivity contribution in [1.82, 2.24) is 10.2 Å². The highest BCUT2D eigenvalue weighted by Gasteiger charge is 2.36. The van der Waals surface area contributed by atoms with Crippen LogP contribution in [0.5, 0.6) is 11.5 Å². The van der Waals surface area contributed by atoms with Crippen molar-refractivity contribution in [1.29, 1.82) is 0 Å². The number of imide groups is 2. The van der Waals surface area contributed by atoms with Crippen LogP contribution in [0.3, 0.4) is 0 Å². The predicted molar refractivity (Wildman–Crippen MR) is 85.4 cm³/mol. The number of urea groups is 1. The second-order valence-corrected chi connectivity index (χ2v) is 5.22. The Morgan fingerprint density at radius 3 is 2.72 bits per heavy atom. The number of rotatable bonds is 4. The maximum absolute atomic E-state index is 12.5. The summed E-state index contributed by atoms with van der Waals surface area (Å²) in [5.41, 5.74) is 0.180. The molecule has 2 heterocycles. The molecule has 1 aromatic carbocycles. The lowest BCUT2D eigenvalue weighted by Gasteiger charge is -2.25. The Bertz CT molecular complexity index is 869. The second kappa shape index (κ2) is 6.52. The molecule has 1 aliphatic rings. The van der Waals surface area contributed by atoms with Gasteiger partial charge in [0.2, 0.25) is 0 Å². The first kappa shape index (κ1) is 16.3. The van der Waals surface area contributed by atoms with Gasteiger partial charge in [-0.05, 0) is 35.9 Å². The first-order valence-electron chi connectivity index (χ1n) is 7.28. The molecular weight excluding hydrogens is 328 g/mol. The number of phenols is 1. The number of benzene rings is 1. The molecule has 4 amide bonds. The maximum Gasteiger partial charge on any atom is 0.331 e. The predicted octanol–water partition coefficient (Wildman–Crippen LogP) is 1.66. The molecule has 2 aromatic rings. The Morgan fingerprint density at radius 2 is 2.08 bits per heavy atom. The fourth-order valence-corrected chi connectivity index (χ4v) is 2.36. The topological polar surface area (TPSA) is 109 Å². The zero-order valence-electron chi connectivity index (χ0n) is 13.2. The van der Waals surface area contributed by atoms with Crippen molar-refractivity contribution >= 4 is 23.9 Å². The van der Waals surface area contributed by atoms with E-state index < -0.39 is 17.8 Å². The van der Waals surface area contributed by atoms with E-state index in [-0.39, 0.29) is 23.6 Å². The van der Waals surface area contributed by atoms with E-state index in [0.29, 0.717) is 11.3 Å². The summed E-state index contributed by atoms with van der Waals surface area (Å²) in [6.07, 6.45) is 2.71. The summed E-state index contributed by atoms with van der Waals surface area (Å²) in [6, 6.07) is 6.84. The van der Waals surface area contributed by atoms with Crippen LogP contribution in [0.2, 0.25) is 0 Å². The smallest absolute Gasteiger partial charge is 0.331 e. The number of ether oxygens (including phenoxy) is 1. The van der Waals surface area contributed by atoms with Gasteiger partial charge in [-0.2, -0.15) is 0 Å². The van der Waals surface area contributed by atoms with Crippen molar-refractivity contribution in [2.75, 3.05) is 7.11 Å². The third kappa shape index (κ3) is 3.23. The fourth-order valence-electron chi connectivity index (χ4n) is 2.36. The number of furan rings is 1. The first-order valence-corrected chi connectivity index (χ1v) is 7.28. The van der Waals surface area contributed by atoms with Crippen LogP contribution in [0, 0.1) is 0 Å². The first-order chi connectivity index (χ1) is 12.0. The minimum absolute atomic E-state index is 0.101. The van der Waals surface area contributed by atoms with Gasteiger partial charge < -0.3 is 14.3 Å². The number of nitrogens with zero attached hydrogens (tertiary/aromatic N) is 1. The normalized spacial score (nSPS) is 16.3. The van der Waals surface area contributed by atoms with Crippen molar-refractivity contribution in [2.24, 2.45) is 0 Å². The van der Waals surface area contributed by atoms with Crippen LogP contribution in [0.15, 0.2) is 46.6 Å². The van der Waals surface area contributed by atoms with Crippen LogP contribution >= 0.6 is 0 Å². The van der Waals surface area contributed by atoms with E-state index in [1.54, 1.807) is 18.2 Å². The molecule has 0 unspecified atom stereocenters. The van der Waals surface area contributed by atoms with Gasteiger partial charge in [-0.3, -0.25) is 19.8 Å². The molecule has 3 rings (SSSR count). The lowest BCUT2D eigenvalue weighted by Crippen LogP contribution is -2.53. The van der Waals surface area contributed by atoms with Crippen LogP contribution in [0.4, 0.5) is 4.79 Å². The third-order valence-corrected chi connectivity index (χ3v) is 3.59. The van der Waals surface area contributed by atoms with Gasteiger partial charge in [0.15, 0.2) is 11.5 Å². The van der Waals surface area contributed by atoms with E-state index >= 15 is 0 Å². The summed E-state index contributed by atoms with van der Waals surface area (Å²) in [6.45, 7) is -0.101. The molecule has 0 radical (unpaired) electrons. The minimum Gasteiger partial charge on any atom is -0.504 e. The van der Waals surface area contributed by atoms with Gasteiger partial charge in [-0.25, -0.2) is 4.79 Å². The van der Waals surface area contributed by atoms with Crippen LogP contribution in [-0.4, -0.2) is 35.0 Å². The Hall–Kier alpha value is -3.55. The summed E-state index contributed by atoms with van der Waals surface area (Å²) in [4.78, 5) is 37.3. The van der Waals surface area contributed by atoms with E-state index in [4.69, 9.17) is 9.15 Å². The molecular formula is C17H14N2O6. The Kier molecular flexibility index (Phi) is 4.25. The molecule has 8 nitrogen and oxygen atoms in total. The average Bonchev–Trinajstić information content (AvgIpc) is 3.09. The van der Waals surface area contributed by atoms with Crippen molar-refractivity contribution in [3.63, 3.8) is 0 Å². The SMILES string of the molecule is COc1ccc(C=C2C(=O)NC(=O)N(Cc3ccco3)C2=O)cc1O. The highest BCUT2D eigenvalue weighted by Crippen LogP contribution is 2.27. The number of nitrogens with one attached hydrogen (secondary N) is 1. The Morgan fingerprint density at radius 1 is 1.28 bits per heavy atom. The molecule has 0 saturated carbocycles. The Labute approximate surface area is 142 Å². The molecule has 0 spiro atoms. The summed E-state index contributed by atoms with van der Waals surface area (Å²) in [7, 11) is 1.41. The minimum atomic E-state index is -0.818. The number of hydrogen-bond donors (Lipinski definition) is 2. The van der Waals surface area contributed by atoms with Gasteiger partial charge in [0.25, 0.3) is 11.8 Å². The number of amides is 4. The molecule has 0 aliphatic carbocycles. The number of aromatic hydroxyl groups is 1. The number of methoxy groups -OCH3 is 1. The Balaban J connectivity index is 1.91.